The van der Waals surface area contributed by atoms with Crippen molar-refractivity contribution in [3.05, 3.63) is 47.5 Å². The predicted molar refractivity (Wildman–Crippen MR) is 117 cm³/mol. The van der Waals surface area contributed by atoms with Crippen LogP contribution in [0.4, 0.5) is 11.4 Å². The Morgan fingerprint density at radius 3 is 2.77 bits per heavy atom. The molecule has 31 heavy (non-hydrogen) atoms. The van der Waals surface area contributed by atoms with Crippen LogP contribution in [-0.2, 0) is 19.6 Å². The zero-order valence-electron chi connectivity index (χ0n) is 17.5. The number of sulfonamides is 1. The highest BCUT2D eigenvalue weighted by molar-refractivity contribution is 7.89. The molecule has 0 aliphatic carbocycles. The first-order chi connectivity index (χ1) is 14.7. The summed E-state index contributed by atoms with van der Waals surface area (Å²) >= 11 is 0. The third-order valence-corrected chi connectivity index (χ3v) is 7.48. The van der Waals surface area contributed by atoms with Crippen molar-refractivity contribution in [2.45, 2.75) is 31.6 Å². The predicted octanol–water partition coefficient (Wildman–Crippen LogP) is 2.67. The molecule has 0 aromatic heterocycles. The lowest BCUT2D eigenvalue weighted by atomic mass is 9.98. The molecule has 2 aliphatic rings. The van der Waals surface area contributed by atoms with Crippen molar-refractivity contribution in [1.82, 2.24) is 4.31 Å². The van der Waals surface area contributed by atoms with Crippen molar-refractivity contribution >= 4 is 33.2 Å². The fourth-order valence-electron chi connectivity index (χ4n) is 3.94. The summed E-state index contributed by atoms with van der Waals surface area (Å²) in [5, 5.41) is 5.57. The van der Waals surface area contributed by atoms with Crippen LogP contribution in [0.5, 0.6) is 5.75 Å². The Bertz CT molecular complexity index is 1150. The van der Waals surface area contributed by atoms with Gasteiger partial charge in [0.15, 0.2) is 6.61 Å². The summed E-state index contributed by atoms with van der Waals surface area (Å²) in [5.41, 5.74) is 3.14. The lowest BCUT2D eigenvalue weighted by molar-refractivity contribution is -0.121. The summed E-state index contributed by atoms with van der Waals surface area (Å²) in [6.07, 6.45) is 1.21. The number of ether oxygens (including phenoxy) is 1. The van der Waals surface area contributed by atoms with Crippen LogP contribution >= 0.6 is 0 Å². The smallest absolute Gasteiger partial charge is 0.262 e. The average molecular weight is 444 g/mol. The number of nitrogens with one attached hydrogen (secondary N) is 2. The molecule has 2 aliphatic heterocycles. The number of hydrogen-bond donors (Lipinski definition) is 2. The Kier molecular flexibility index (Phi) is 5.72. The highest BCUT2D eigenvalue weighted by atomic mass is 32.2. The topological polar surface area (TPSA) is 105 Å². The average Bonchev–Trinajstić information content (AvgIpc) is 2.75. The Hall–Kier alpha value is -2.91. The van der Waals surface area contributed by atoms with Crippen LogP contribution in [0, 0.1) is 19.8 Å². The number of carbonyl (C=O) groups excluding carboxylic acids is 2. The molecule has 2 amide bonds. The highest BCUT2D eigenvalue weighted by Crippen LogP contribution is 2.32. The molecule has 8 nitrogen and oxygen atoms in total. The summed E-state index contributed by atoms with van der Waals surface area (Å²) in [6.45, 7) is 4.27. The molecule has 2 aromatic rings. The normalized spacial score (nSPS) is 19.2. The lowest BCUT2D eigenvalue weighted by Crippen LogP contribution is -2.43. The van der Waals surface area contributed by atoms with Gasteiger partial charge < -0.3 is 15.4 Å². The molecule has 1 saturated heterocycles. The van der Waals surface area contributed by atoms with E-state index in [1.807, 2.05) is 32.0 Å². The second-order valence-electron chi connectivity index (χ2n) is 8.00. The van der Waals surface area contributed by atoms with Crippen molar-refractivity contribution in [2.24, 2.45) is 5.92 Å². The number of nitrogens with zero attached hydrogens (tertiary/aromatic N) is 1. The maximum absolute atomic E-state index is 13.2. The van der Waals surface area contributed by atoms with Crippen LogP contribution in [0.3, 0.4) is 0 Å². The summed E-state index contributed by atoms with van der Waals surface area (Å²) < 4.78 is 33.1. The Balaban J connectivity index is 1.50. The molecule has 2 heterocycles. The minimum absolute atomic E-state index is 0.0625. The van der Waals surface area contributed by atoms with E-state index < -0.39 is 15.9 Å². The van der Waals surface area contributed by atoms with Gasteiger partial charge in [-0.2, -0.15) is 4.31 Å². The molecule has 164 valence electrons. The summed E-state index contributed by atoms with van der Waals surface area (Å²) in [6, 6.07) is 10.2. The number of aryl methyl sites for hydroxylation is 2. The second-order valence-corrected chi connectivity index (χ2v) is 9.94. The first kappa shape index (κ1) is 21.3. The molecular weight excluding hydrogens is 418 g/mol. The van der Waals surface area contributed by atoms with E-state index in [1.165, 1.54) is 22.5 Å². The van der Waals surface area contributed by atoms with Gasteiger partial charge in [-0.15, -0.1) is 0 Å². The quantitative estimate of drug-likeness (QED) is 0.756. The van der Waals surface area contributed by atoms with Crippen LogP contribution < -0.4 is 15.4 Å². The number of fused-ring (bicyclic) bond motifs is 1. The molecule has 1 unspecified atom stereocenters. The first-order valence-corrected chi connectivity index (χ1v) is 11.6. The van der Waals surface area contributed by atoms with E-state index in [2.05, 4.69) is 10.6 Å². The molecule has 4 rings (SSSR count). The van der Waals surface area contributed by atoms with Crippen LogP contribution in [0.25, 0.3) is 0 Å². The molecule has 0 saturated carbocycles. The van der Waals surface area contributed by atoms with Crippen LogP contribution in [0.15, 0.2) is 41.3 Å². The number of amides is 2. The zero-order chi connectivity index (χ0) is 22.2. The Morgan fingerprint density at radius 2 is 2.00 bits per heavy atom. The van der Waals surface area contributed by atoms with E-state index in [-0.39, 0.29) is 29.9 Å². The van der Waals surface area contributed by atoms with Gasteiger partial charge in [0.2, 0.25) is 15.9 Å². The Labute approximate surface area is 181 Å². The number of hydrogen-bond acceptors (Lipinski definition) is 5. The van der Waals surface area contributed by atoms with Crippen LogP contribution in [0.2, 0.25) is 0 Å². The maximum atomic E-state index is 13.2. The largest absolute Gasteiger partial charge is 0.482 e. The molecular formula is C22H25N3O5S. The van der Waals surface area contributed by atoms with Crippen LogP contribution in [-0.4, -0.2) is 44.2 Å². The van der Waals surface area contributed by atoms with Gasteiger partial charge in [0.1, 0.15) is 5.75 Å². The molecule has 2 N–H and O–H groups in total. The van der Waals surface area contributed by atoms with Gasteiger partial charge in [-0.3, -0.25) is 9.59 Å². The van der Waals surface area contributed by atoms with Gasteiger partial charge in [-0.05, 0) is 56.5 Å². The van der Waals surface area contributed by atoms with E-state index in [4.69, 9.17) is 4.74 Å². The standard InChI is InChI=1S/C22H25N3O5S/c1-14-5-7-18(15(2)10-14)24-22(27)16-4-3-9-25(12-16)31(28,29)17-6-8-20-19(11-17)23-21(26)13-30-20/h5-8,10-11,16H,3-4,9,12-13H2,1-2H3,(H,23,26)(H,24,27). The number of carbonyl (C=O) groups is 2. The number of rotatable bonds is 4. The fourth-order valence-corrected chi connectivity index (χ4v) is 5.49. The summed E-state index contributed by atoms with van der Waals surface area (Å²) in [4.78, 5) is 24.5. The lowest BCUT2D eigenvalue weighted by Gasteiger charge is -2.31. The minimum atomic E-state index is -3.82. The molecule has 0 spiro atoms. The van der Waals surface area contributed by atoms with Gasteiger partial charge in [-0.1, -0.05) is 17.7 Å². The summed E-state index contributed by atoms with van der Waals surface area (Å²) in [7, 11) is -3.82. The summed E-state index contributed by atoms with van der Waals surface area (Å²) in [5.74, 6) is -0.520. The van der Waals surface area contributed by atoms with E-state index in [0.717, 1.165) is 16.8 Å². The molecule has 9 heteroatoms. The van der Waals surface area contributed by atoms with Crippen molar-refractivity contribution in [2.75, 3.05) is 30.3 Å². The zero-order valence-corrected chi connectivity index (χ0v) is 18.3. The number of benzene rings is 2. The molecule has 2 aromatic carbocycles. The van der Waals surface area contributed by atoms with Gasteiger partial charge in [0.25, 0.3) is 5.91 Å². The first-order valence-electron chi connectivity index (χ1n) is 10.2. The van der Waals surface area contributed by atoms with E-state index in [1.54, 1.807) is 0 Å². The van der Waals surface area contributed by atoms with Gasteiger partial charge in [0, 0.05) is 18.8 Å². The fraction of sp³-hybridized carbons (Fsp3) is 0.364. The van der Waals surface area contributed by atoms with E-state index in [0.29, 0.717) is 30.8 Å². The Morgan fingerprint density at radius 1 is 1.19 bits per heavy atom. The third-order valence-electron chi connectivity index (χ3n) is 5.62. The third kappa shape index (κ3) is 4.42. The van der Waals surface area contributed by atoms with Gasteiger partial charge in [0.05, 0.1) is 16.5 Å². The van der Waals surface area contributed by atoms with Gasteiger partial charge in [-0.25, -0.2) is 8.42 Å². The van der Waals surface area contributed by atoms with Crippen molar-refractivity contribution in [3.63, 3.8) is 0 Å². The SMILES string of the molecule is Cc1ccc(NC(=O)C2CCCN(S(=O)(=O)c3ccc4c(c3)NC(=O)CO4)C2)c(C)c1. The molecule has 1 atom stereocenters. The van der Waals surface area contributed by atoms with E-state index in [9.17, 15) is 18.0 Å². The molecule has 0 bridgehead atoms. The van der Waals surface area contributed by atoms with Crippen molar-refractivity contribution in [1.29, 1.82) is 0 Å². The monoisotopic (exact) mass is 443 g/mol. The van der Waals surface area contributed by atoms with Gasteiger partial charge >= 0.3 is 0 Å². The van der Waals surface area contributed by atoms with Crippen LogP contribution in [0.1, 0.15) is 24.0 Å². The number of piperidine rings is 1. The minimum Gasteiger partial charge on any atom is -0.482 e. The van der Waals surface area contributed by atoms with Crippen molar-refractivity contribution in [3.8, 4) is 5.75 Å². The van der Waals surface area contributed by atoms with E-state index >= 15 is 0 Å². The second kappa shape index (κ2) is 8.32. The maximum Gasteiger partial charge on any atom is 0.262 e. The molecule has 1 fully saturated rings. The van der Waals surface area contributed by atoms with Crippen molar-refractivity contribution < 1.29 is 22.7 Å². The number of anilines is 2. The highest BCUT2D eigenvalue weighted by Gasteiger charge is 2.34. The molecule has 0 radical (unpaired) electrons.